The zero-order chi connectivity index (χ0) is 9.10. The van der Waals surface area contributed by atoms with Crippen LogP contribution in [-0.2, 0) is 0 Å². The molecule has 0 aromatic carbocycles. The Morgan fingerprint density at radius 3 is 3.15 bits per heavy atom. The van der Waals surface area contributed by atoms with Gasteiger partial charge in [0.1, 0.15) is 0 Å². The molecule has 0 radical (unpaired) electrons. The molecule has 1 aliphatic heterocycles. The zero-order valence-corrected chi connectivity index (χ0v) is 11.1. The van der Waals surface area contributed by atoms with E-state index in [2.05, 4.69) is 10.9 Å². The van der Waals surface area contributed by atoms with Crippen LogP contribution in [0.4, 0.5) is 0 Å². The van der Waals surface area contributed by atoms with E-state index in [0.29, 0.717) is 15.2 Å². The van der Waals surface area contributed by atoms with Crippen molar-refractivity contribution in [3.05, 3.63) is 9.38 Å². The summed E-state index contributed by atoms with van der Waals surface area (Å²) >= 11 is 4.29. The third-order valence-corrected chi connectivity index (χ3v) is 7.07. The molecule has 0 spiro atoms. The average molecular weight is 278 g/mol. The second-order valence-corrected chi connectivity index (χ2v) is 7.43. The first-order chi connectivity index (χ1) is 6.40. The first kappa shape index (κ1) is 10.2. The molecule has 0 aromatic heterocycles. The molecule has 0 bridgehead atoms. The van der Waals surface area contributed by atoms with Crippen LogP contribution in [0.15, 0.2) is 13.4 Å². The van der Waals surface area contributed by atoms with E-state index in [4.69, 9.17) is 0 Å². The van der Waals surface area contributed by atoms with E-state index in [1.807, 2.05) is 23.5 Å². The molecular formula is C9H13NS2Se. The van der Waals surface area contributed by atoms with E-state index >= 15 is 0 Å². The monoisotopic (exact) mass is 279 g/mol. The fourth-order valence-corrected chi connectivity index (χ4v) is 6.07. The van der Waals surface area contributed by atoms with Gasteiger partial charge in [-0.2, -0.15) is 0 Å². The molecule has 0 fully saturated rings. The van der Waals surface area contributed by atoms with Gasteiger partial charge in [-0.3, -0.25) is 0 Å². The Kier molecular flexibility index (Phi) is 3.85. The van der Waals surface area contributed by atoms with Gasteiger partial charge >= 0.3 is 94.8 Å². The fourth-order valence-electron chi connectivity index (χ4n) is 1.45. The quantitative estimate of drug-likeness (QED) is 0.683. The van der Waals surface area contributed by atoms with E-state index in [0.717, 1.165) is 5.75 Å². The molecular weight excluding hydrogens is 265 g/mol. The Labute approximate surface area is 94.6 Å². The molecule has 0 unspecified atom stereocenters. The fraction of sp³-hybridized carbons (Fsp3) is 0.667. The predicted octanol–water partition coefficient (Wildman–Crippen LogP) is 3.25. The third kappa shape index (κ3) is 2.56. The summed E-state index contributed by atoms with van der Waals surface area (Å²) in [7, 11) is 0. The van der Waals surface area contributed by atoms with Crippen molar-refractivity contribution in [2.45, 2.75) is 32.6 Å². The van der Waals surface area contributed by atoms with Crippen LogP contribution in [0, 0.1) is 0 Å². The summed E-state index contributed by atoms with van der Waals surface area (Å²) in [4.78, 5) is 1.66. The predicted molar refractivity (Wildman–Crippen MR) is 64.4 cm³/mol. The minimum atomic E-state index is 0.443. The van der Waals surface area contributed by atoms with Gasteiger partial charge in [0.05, 0.1) is 0 Å². The van der Waals surface area contributed by atoms with Gasteiger partial charge in [-0.15, -0.1) is 0 Å². The van der Waals surface area contributed by atoms with Gasteiger partial charge in [0.2, 0.25) is 0 Å². The SMILES string of the molecule is CCSC1=N[Se]C2=C(CCCC2)S1. The van der Waals surface area contributed by atoms with Crippen LogP contribution in [0.5, 0.6) is 0 Å². The van der Waals surface area contributed by atoms with E-state index in [1.54, 1.807) is 9.38 Å². The summed E-state index contributed by atoms with van der Waals surface area (Å²) in [6, 6.07) is 0. The van der Waals surface area contributed by atoms with Crippen LogP contribution < -0.4 is 0 Å². The molecule has 2 rings (SSSR count). The van der Waals surface area contributed by atoms with Crippen molar-refractivity contribution in [3.63, 3.8) is 0 Å². The normalized spacial score (nSPS) is 22.7. The summed E-state index contributed by atoms with van der Waals surface area (Å²) < 4.78 is 7.66. The van der Waals surface area contributed by atoms with Crippen molar-refractivity contribution in [1.82, 2.24) is 0 Å². The molecule has 72 valence electrons. The summed E-state index contributed by atoms with van der Waals surface area (Å²) in [5.41, 5.74) is 0. The molecule has 4 heteroatoms. The van der Waals surface area contributed by atoms with Crippen LogP contribution in [0.2, 0.25) is 0 Å². The number of rotatable bonds is 1. The number of hydrogen-bond acceptors (Lipinski definition) is 3. The van der Waals surface area contributed by atoms with Crippen molar-refractivity contribution >= 4 is 43.1 Å². The minimum absolute atomic E-state index is 0.443. The molecule has 0 saturated carbocycles. The average Bonchev–Trinajstić information content (AvgIpc) is 2.18. The number of hydrogen-bond donors (Lipinski definition) is 0. The molecule has 0 N–H and O–H groups in total. The second-order valence-electron chi connectivity index (χ2n) is 3.04. The Morgan fingerprint density at radius 2 is 2.31 bits per heavy atom. The number of allylic oxidation sites excluding steroid dienone is 2. The van der Waals surface area contributed by atoms with Crippen LogP contribution in [0.25, 0.3) is 0 Å². The maximum absolute atomic E-state index is 4.65. The first-order valence-corrected chi connectivity index (χ1v) is 8.10. The Balaban J connectivity index is 2.01. The van der Waals surface area contributed by atoms with Crippen molar-refractivity contribution in [2.75, 3.05) is 5.75 Å². The molecule has 0 aromatic rings. The van der Waals surface area contributed by atoms with Gasteiger partial charge in [-0.05, 0) is 0 Å². The molecule has 1 aliphatic carbocycles. The van der Waals surface area contributed by atoms with E-state index in [-0.39, 0.29) is 0 Å². The Hall–Kier alpha value is 0.629. The molecule has 2 aliphatic rings. The van der Waals surface area contributed by atoms with E-state index in [1.165, 1.54) is 30.1 Å². The third-order valence-electron chi connectivity index (χ3n) is 2.08. The standard InChI is InChI=1S/C9H13NS2Se/c1-2-11-9-10-13-8-6-4-3-5-7(8)12-9/h2-6H2,1H3. The van der Waals surface area contributed by atoms with Crippen molar-refractivity contribution < 1.29 is 0 Å². The Bertz CT molecular complexity index is 260. The van der Waals surface area contributed by atoms with Crippen LogP contribution in [0.3, 0.4) is 0 Å². The Morgan fingerprint density at radius 1 is 1.46 bits per heavy atom. The number of thioether (sulfide) groups is 2. The van der Waals surface area contributed by atoms with E-state index < -0.39 is 0 Å². The van der Waals surface area contributed by atoms with Crippen molar-refractivity contribution in [3.8, 4) is 0 Å². The van der Waals surface area contributed by atoms with Gasteiger partial charge in [0.25, 0.3) is 0 Å². The first-order valence-electron chi connectivity index (χ1n) is 4.68. The molecule has 13 heavy (non-hydrogen) atoms. The molecule has 0 saturated heterocycles. The summed E-state index contributed by atoms with van der Waals surface area (Å²) in [5.74, 6) is 1.16. The topological polar surface area (TPSA) is 12.4 Å². The molecule has 0 atom stereocenters. The van der Waals surface area contributed by atoms with Gasteiger partial charge in [0.15, 0.2) is 0 Å². The van der Waals surface area contributed by atoms with Gasteiger partial charge in [0, 0.05) is 0 Å². The van der Waals surface area contributed by atoms with Crippen LogP contribution >= 0.6 is 23.5 Å². The van der Waals surface area contributed by atoms with Crippen LogP contribution in [-0.4, -0.2) is 25.3 Å². The van der Waals surface area contributed by atoms with E-state index in [9.17, 15) is 0 Å². The summed E-state index contributed by atoms with van der Waals surface area (Å²) in [6.07, 6.45) is 5.44. The van der Waals surface area contributed by atoms with Gasteiger partial charge in [-0.25, -0.2) is 0 Å². The van der Waals surface area contributed by atoms with Gasteiger partial charge < -0.3 is 0 Å². The van der Waals surface area contributed by atoms with Crippen molar-refractivity contribution in [1.29, 1.82) is 0 Å². The maximum atomic E-state index is 4.65. The second kappa shape index (κ2) is 4.92. The van der Waals surface area contributed by atoms with Crippen molar-refractivity contribution in [2.24, 2.45) is 4.01 Å². The zero-order valence-electron chi connectivity index (χ0n) is 7.71. The summed E-state index contributed by atoms with van der Waals surface area (Å²) in [5, 5.41) is 0. The number of nitrogens with zero attached hydrogens (tertiary/aromatic N) is 1. The van der Waals surface area contributed by atoms with Gasteiger partial charge in [-0.1, -0.05) is 0 Å². The molecule has 0 amide bonds. The summed E-state index contributed by atoms with van der Waals surface area (Å²) in [6.45, 7) is 2.20. The molecule has 1 nitrogen and oxygen atoms in total. The van der Waals surface area contributed by atoms with Crippen LogP contribution in [0.1, 0.15) is 32.6 Å². The molecule has 1 heterocycles.